The van der Waals surface area contributed by atoms with Crippen LogP contribution in [0.15, 0.2) is 52.5 Å². The van der Waals surface area contributed by atoms with E-state index in [1.54, 1.807) is 0 Å². The summed E-state index contributed by atoms with van der Waals surface area (Å²) in [6.07, 6.45) is -2.43. The molecule has 0 radical (unpaired) electrons. The van der Waals surface area contributed by atoms with Gasteiger partial charge in [-0.25, -0.2) is 0 Å². The molecule has 7 N–H and O–H groups in total. The molecule has 17 heteroatoms. The van der Waals surface area contributed by atoms with Gasteiger partial charge in [-0.15, -0.1) is 0 Å². The number of benzene rings is 1. The monoisotopic (exact) mass is 827 g/mol. The summed E-state index contributed by atoms with van der Waals surface area (Å²) in [6.45, 7) is 12.6. The molecule has 1 aromatic rings. The second-order valence-electron chi connectivity index (χ2n) is 15.6. The van der Waals surface area contributed by atoms with Gasteiger partial charge in [0.25, 0.3) is 5.91 Å². The number of allylic oxidation sites excluding steroid dienone is 5. The zero-order valence-electron chi connectivity index (χ0n) is 34.8. The third kappa shape index (κ3) is 8.99. The van der Waals surface area contributed by atoms with E-state index in [0.29, 0.717) is 0 Å². The minimum atomic E-state index is -2.25. The van der Waals surface area contributed by atoms with Crippen LogP contribution in [0.25, 0.3) is 5.57 Å². The molecule has 59 heavy (non-hydrogen) atoms. The predicted octanol–water partition coefficient (Wildman–Crippen LogP) is 2.79. The van der Waals surface area contributed by atoms with Crippen LogP contribution in [0.5, 0.6) is 11.5 Å². The zero-order chi connectivity index (χ0) is 44.6. The number of nitrogens with one attached hydrogen (secondary N) is 1. The maximum absolute atomic E-state index is 14.0. The maximum Gasteiger partial charge on any atom is 0.313 e. The molecule has 1 aromatic carbocycles. The topological polar surface area (TPSA) is 265 Å². The van der Waals surface area contributed by atoms with Crippen LogP contribution in [0.2, 0.25) is 0 Å². The molecule has 3 aliphatic heterocycles. The summed E-state index contributed by atoms with van der Waals surface area (Å²) in [7, 11) is 1.01. The number of aliphatic hydroxyl groups is 5. The number of aliphatic hydroxyl groups excluding tert-OH is 3. The first kappa shape index (κ1) is 46.4. The molecule has 17 nitrogen and oxygen atoms in total. The van der Waals surface area contributed by atoms with E-state index in [0.717, 1.165) is 27.0 Å². The Morgan fingerprint density at radius 3 is 2.03 bits per heavy atom. The fourth-order valence-electron chi connectivity index (χ4n) is 7.70. The van der Waals surface area contributed by atoms with Gasteiger partial charge in [0, 0.05) is 48.0 Å². The Bertz CT molecular complexity index is 2090. The number of Topliss-reactive ketones (excluding diaryl/α,β-unsaturated/α-hetero) is 1. The molecule has 0 fully saturated rings. The number of anilines is 1. The second kappa shape index (κ2) is 17.5. The van der Waals surface area contributed by atoms with Crippen molar-refractivity contribution in [2.24, 2.45) is 17.8 Å². The number of ketones is 1. The highest BCUT2D eigenvalue weighted by Gasteiger charge is 2.49. The van der Waals surface area contributed by atoms with Gasteiger partial charge in [0.2, 0.25) is 6.79 Å². The summed E-state index contributed by atoms with van der Waals surface area (Å²) in [5, 5.41) is 72.8. The van der Waals surface area contributed by atoms with Crippen molar-refractivity contribution in [3.8, 4) is 11.5 Å². The number of phenolic OH excluding ortho intramolecular Hbond substituents is 1. The van der Waals surface area contributed by atoms with Gasteiger partial charge in [-0.1, -0.05) is 26.0 Å². The van der Waals surface area contributed by atoms with Crippen LogP contribution in [-0.2, 0) is 38.1 Å². The number of ether oxygens (including phenoxy) is 5. The SMILES string of the molecule is COC(=O)[C@@H]1[C@H](O)[C@H](C)[C@@H](OC(C)=O)[C@@](C)(O)/C=C\C=C(/C)C(=O)Nc2c(C)c(OC(C)=O)c3c(c2O)C(=O)C(C)=C2OCOC(=C23)/C(C)=C/[C@](C)(O)[C@@H](O)[C@@H](C)[C@H]1O. The van der Waals surface area contributed by atoms with Gasteiger partial charge in [0.15, 0.2) is 11.5 Å². The van der Waals surface area contributed by atoms with Gasteiger partial charge in [-0.05, 0) is 59.3 Å². The van der Waals surface area contributed by atoms with Crippen molar-refractivity contribution in [3.05, 3.63) is 69.2 Å². The number of amides is 1. The van der Waals surface area contributed by atoms with Crippen molar-refractivity contribution in [1.82, 2.24) is 0 Å². The number of rotatable bonds is 3. The minimum absolute atomic E-state index is 0.00215. The molecule has 9 atom stereocenters. The molecule has 5 rings (SSSR count). The average molecular weight is 828 g/mol. The van der Waals surface area contributed by atoms with E-state index in [1.165, 1.54) is 73.6 Å². The molecule has 0 saturated carbocycles. The first-order chi connectivity index (χ1) is 27.3. The summed E-state index contributed by atoms with van der Waals surface area (Å²) >= 11 is 0. The van der Waals surface area contributed by atoms with Gasteiger partial charge in [0.1, 0.15) is 40.5 Å². The summed E-state index contributed by atoms with van der Waals surface area (Å²) in [4.78, 5) is 65.8. The number of esters is 3. The quantitative estimate of drug-likeness (QED) is 0.131. The Morgan fingerprint density at radius 2 is 1.46 bits per heavy atom. The zero-order valence-corrected chi connectivity index (χ0v) is 34.8. The van der Waals surface area contributed by atoms with Crippen LogP contribution in [0.3, 0.4) is 0 Å². The predicted molar refractivity (Wildman–Crippen MR) is 209 cm³/mol. The average Bonchev–Trinajstić information content (AvgIpc) is 3.16. The molecular weight excluding hydrogens is 774 g/mol. The Kier molecular flexibility index (Phi) is 13.7. The summed E-state index contributed by atoms with van der Waals surface area (Å²) in [5.41, 5.74) is -4.97. The van der Waals surface area contributed by atoms with E-state index in [9.17, 15) is 54.6 Å². The van der Waals surface area contributed by atoms with E-state index in [-0.39, 0.29) is 61.9 Å². The fourth-order valence-corrected chi connectivity index (χ4v) is 7.70. The highest BCUT2D eigenvalue weighted by Crippen LogP contribution is 2.53. The van der Waals surface area contributed by atoms with E-state index in [1.807, 2.05) is 0 Å². The highest BCUT2D eigenvalue weighted by molar-refractivity contribution is 6.21. The normalized spacial score (nSPS) is 33.0. The number of carbonyl (C=O) groups excluding carboxylic acids is 5. The highest BCUT2D eigenvalue weighted by atomic mass is 16.7. The molecule has 322 valence electrons. The standard InChI is InChI=1S/C42H53NO16/c1-17-13-12-14-41(9,53)38(59-24(8)45)22(6)32(48)28(40(52)55-11)31(47)21(5)37(50)42(10,54)15-18(2)34-27-25-26(30(46)20(4)35(27)57-16-56-34)33(49)29(43-39(17)51)19(3)36(25)58-23(7)44/h12-15,21-22,28,31-32,37-38,47-50,53-54H,16H2,1-11H3,(H,43,51)/b14-12-,17-13+,18-15+/t21-,22-,28-,31+,32+,37-,38+,41-,42-/m0/s1. The van der Waals surface area contributed by atoms with Gasteiger partial charge in [-0.3, -0.25) is 24.0 Å². The first-order valence-corrected chi connectivity index (χ1v) is 18.8. The summed E-state index contributed by atoms with van der Waals surface area (Å²) < 4.78 is 27.8. The molecule has 1 aliphatic carbocycles. The number of aromatic hydroxyl groups is 1. The largest absolute Gasteiger partial charge is 0.505 e. The lowest BCUT2D eigenvalue weighted by atomic mass is 9.74. The third-order valence-corrected chi connectivity index (χ3v) is 10.9. The van der Waals surface area contributed by atoms with Crippen LogP contribution in [-0.4, -0.2) is 110 Å². The van der Waals surface area contributed by atoms with Crippen LogP contribution in [0, 0.1) is 24.7 Å². The van der Waals surface area contributed by atoms with E-state index < -0.39 is 95.5 Å². The Hall–Kier alpha value is -5.33. The summed E-state index contributed by atoms with van der Waals surface area (Å²) in [6, 6.07) is 0. The number of hydrogen-bond donors (Lipinski definition) is 7. The molecule has 0 aromatic heterocycles. The van der Waals surface area contributed by atoms with Crippen molar-refractivity contribution in [3.63, 3.8) is 0 Å². The van der Waals surface area contributed by atoms with Gasteiger partial charge in [0.05, 0.1) is 42.2 Å². The molecule has 1 amide bonds. The number of hydrogen-bond acceptors (Lipinski definition) is 16. The van der Waals surface area contributed by atoms with E-state index in [4.69, 9.17) is 23.7 Å². The molecule has 0 saturated heterocycles. The number of fused-ring (bicyclic) bond motifs is 14. The Morgan fingerprint density at radius 1 is 0.864 bits per heavy atom. The molecule has 3 heterocycles. The van der Waals surface area contributed by atoms with E-state index in [2.05, 4.69) is 5.32 Å². The third-order valence-electron chi connectivity index (χ3n) is 10.9. The van der Waals surface area contributed by atoms with Crippen molar-refractivity contribution >= 4 is 40.9 Å². The van der Waals surface area contributed by atoms with Crippen LogP contribution in [0.1, 0.15) is 83.8 Å². The van der Waals surface area contributed by atoms with Crippen molar-refractivity contribution < 1.29 is 78.3 Å². The van der Waals surface area contributed by atoms with Crippen molar-refractivity contribution in [1.29, 1.82) is 0 Å². The van der Waals surface area contributed by atoms with Crippen LogP contribution >= 0.6 is 0 Å². The minimum Gasteiger partial charge on any atom is -0.505 e. The van der Waals surface area contributed by atoms with Crippen molar-refractivity contribution in [2.45, 2.75) is 105 Å². The van der Waals surface area contributed by atoms with Crippen molar-refractivity contribution in [2.75, 3.05) is 19.2 Å². The first-order valence-electron chi connectivity index (χ1n) is 18.8. The Labute approximate surface area is 341 Å². The number of methoxy groups -OCH3 is 1. The smallest absolute Gasteiger partial charge is 0.313 e. The lowest BCUT2D eigenvalue weighted by Crippen LogP contribution is -2.55. The Balaban J connectivity index is 2.10. The molecular formula is C42H53NO16. The van der Waals surface area contributed by atoms with Crippen LogP contribution in [0.4, 0.5) is 5.69 Å². The van der Waals surface area contributed by atoms with Crippen LogP contribution < -0.4 is 10.1 Å². The molecule has 4 aliphatic rings. The lowest BCUT2D eigenvalue weighted by Gasteiger charge is -2.41. The fraction of sp³-hybridized carbons (Fsp3) is 0.500. The number of carbonyl (C=O) groups is 5. The molecule has 0 spiro atoms. The summed E-state index contributed by atoms with van der Waals surface area (Å²) in [5.74, 6) is -9.88. The molecule has 0 unspecified atom stereocenters. The maximum atomic E-state index is 14.0. The lowest BCUT2D eigenvalue weighted by molar-refractivity contribution is -0.180. The second-order valence-corrected chi connectivity index (χ2v) is 15.6. The molecule has 4 bridgehead atoms. The van der Waals surface area contributed by atoms with E-state index >= 15 is 0 Å². The van der Waals surface area contributed by atoms with Gasteiger partial charge < -0.3 is 59.6 Å². The van der Waals surface area contributed by atoms with Gasteiger partial charge >= 0.3 is 17.9 Å². The number of phenols is 1. The van der Waals surface area contributed by atoms with Gasteiger partial charge in [-0.2, -0.15) is 0 Å².